The molecule has 0 aliphatic heterocycles. The minimum Gasteiger partial charge on any atom is -0.507 e. The molecular formula is C18H17F3N2O2. The fraction of sp³-hybridized carbons (Fsp3) is 0.278. The lowest BCUT2D eigenvalue weighted by molar-refractivity contribution is -0.143. The maximum Gasteiger partial charge on any atom is 0.433 e. The molecule has 0 bridgehead atoms. The van der Waals surface area contributed by atoms with E-state index in [4.69, 9.17) is 4.74 Å². The van der Waals surface area contributed by atoms with E-state index in [1.165, 1.54) is 19.2 Å². The van der Waals surface area contributed by atoms with Crippen molar-refractivity contribution in [2.45, 2.75) is 19.0 Å². The van der Waals surface area contributed by atoms with Crippen LogP contribution in [0.5, 0.6) is 11.5 Å². The van der Waals surface area contributed by atoms with Crippen molar-refractivity contribution in [2.24, 2.45) is 7.05 Å². The maximum absolute atomic E-state index is 12.9. The van der Waals surface area contributed by atoms with Crippen molar-refractivity contribution in [1.29, 1.82) is 0 Å². The second-order valence-corrected chi connectivity index (χ2v) is 5.80. The zero-order valence-corrected chi connectivity index (χ0v) is 13.5. The van der Waals surface area contributed by atoms with E-state index in [0.29, 0.717) is 12.4 Å². The number of phenols is 1. The van der Waals surface area contributed by atoms with E-state index in [0.717, 1.165) is 29.2 Å². The Labute approximate surface area is 142 Å². The molecule has 0 amide bonds. The summed E-state index contributed by atoms with van der Waals surface area (Å²) < 4.78 is 45.0. The SMILES string of the molecule is Cn1nc(-c2ccc(OCC3=CC=CCC3)cc2O)cc1C(F)(F)F. The lowest BCUT2D eigenvalue weighted by Gasteiger charge is -2.12. The summed E-state index contributed by atoms with van der Waals surface area (Å²) in [6.07, 6.45) is 3.44. The second kappa shape index (κ2) is 6.66. The Balaban J connectivity index is 1.78. The van der Waals surface area contributed by atoms with Gasteiger partial charge in [0.05, 0.1) is 5.69 Å². The molecule has 0 fully saturated rings. The van der Waals surface area contributed by atoms with Crippen molar-refractivity contribution in [3.63, 3.8) is 0 Å². The van der Waals surface area contributed by atoms with Gasteiger partial charge in [-0.15, -0.1) is 0 Å². The first kappa shape index (κ1) is 17.1. The van der Waals surface area contributed by atoms with Gasteiger partial charge in [0.25, 0.3) is 0 Å². The minimum atomic E-state index is -4.50. The molecule has 25 heavy (non-hydrogen) atoms. The standard InChI is InChI=1S/C18H17F3N2O2/c1-23-17(18(19,20)21)10-15(22-23)14-8-7-13(9-16(14)24)25-11-12-5-3-2-4-6-12/h2-3,5,7-10,24H,4,6,11H2,1H3. The molecule has 0 saturated heterocycles. The summed E-state index contributed by atoms with van der Waals surface area (Å²) in [6.45, 7) is 0.408. The molecule has 1 heterocycles. The molecule has 0 atom stereocenters. The van der Waals surface area contributed by atoms with Gasteiger partial charge in [-0.1, -0.05) is 18.2 Å². The first-order chi connectivity index (χ1) is 11.8. The molecule has 1 aromatic heterocycles. The van der Waals surface area contributed by atoms with E-state index in [9.17, 15) is 18.3 Å². The fourth-order valence-electron chi connectivity index (χ4n) is 2.63. The molecule has 7 heteroatoms. The number of benzene rings is 1. The van der Waals surface area contributed by atoms with Crippen LogP contribution in [-0.4, -0.2) is 21.5 Å². The predicted octanol–water partition coefficient (Wildman–Crippen LogP) is 4.47. The number of allylic oxidation sites excluding steroid dienone is 3. The van der Waals surface area contributed by atoms with E-state index in [1.54, 1.807) is 6.07 Å². The highest BCUT2D eigenvalue weighted by Crippen LogP contribution is 2.36. The third kappa shape index (κ3) is 3.87. The van der Waals surface area contributed by atoms with Gasteiger partial charge in [-0.2, -0.15) is 18.3 Å². The number of hydrogen-bond donors (Lipinski definition) is 1. The quantitative estimate of drug-likeness (QED) is 0.885. The molecule has 2 aromatic rings. The highest BCUT2D eigenvalue weighted by atomic mass is 19.4. The Kier molecular flexibility index (Phi) is 4.57. The van der Waals surface area contributed by atoms with E-state index >= 15 is 0 Å². The molecule has 1 N–H and O–H groups in total. The van der Waals surface area contributed by atoms with Crippen LogP contribution in [-0.2, 0) is 13.2 Å². The van der Waals surface area contributed by atoms with Crippen molar-refractivity contribution in [3.8, 4) is 22.8 Å². The van der Waals surface area contributed by atoms with Gasteiger partial charge in [-0.05, 0) is 36.6 Å². The van der Waals surface area contributed by atoms with Crippen LogP contribution in [0.2, 0.25) is 0 Å². The summed E-state index contributed by atoms with van der Waals surface area (Å²) in [5.41, 5.74) is 0.544. The van der Waals surface area contributed by atoms with E-state index < -0.39 is 11.9 Å². The van der Waals surface area contributed by atoms with Gasteiger partial charge >= 0.3 is 6.18 Å². The van der Waals surface area contributed by atoms with Crippen molar-refractivity contribution >= 4 is 0 Å². The van der Waals surface area contributed by atoms with E-state index in [2.05, 4.69) is 11.2 Å². The molecule has 4 nitrogen and oxygen atoms in total. The molecule has 0 radical (unpaired) electrons. The number of phenolic OH excluding ortho intramolecular Hbond substituents is 1. The number of hydrogen-bond acceptors (Lipinski definition) is 3. The van der Waals surface area contributed by atoms with Crippen molar-refractivity contribution in [3.05, 3.63) is 53.8 Å². The molecule has 1 aliphatic rings. The lowest BCUT2D eigenvalue weighted by atomic mass is 10.1. The Morgan fingerprint density at radius 1 is 1.28 bits per heavy atom. The summed E-state index contributed by atoms with van der Waals surface area (Å²) in [6, 6.07) is 5.41. The molecule has 0 spiro atoms. The number of rotatable bonds is 4. The van der Waals surface area contributed by atoms with Gasteiger partial charge in [-0.3, -0.25) is 4.68 Å². The molecule has 0 saturated carbocycles. The van der Waals surface area contributed by atoms with Crippen molar-refractivity contribution in [2.75, 3.05) is 6.61 Å². The number of nitrogens with zero attached hydrogens (tertiary/aromatic N) is 2. The molecular weight excluding hydrogens is 333 g/mol. The smallest absolute Gasteiger partial charge is 0.433 e. The number of halogens is 3. The zero-order valence-electron chi connectivity index (χ0n) is 13.5. The van der Waals surface area contributed by atoms with Crippen LogP contribution in [0.1, 0.15) is 18.5 Å². The molecule has 132 valence electrons. The third-order valence-corrected chi connectivity index (χ3v) is 3.94. The number of aromatic nitrogens is 2. The first-order valence-electron chi connectivity index (χ1n) is 7.76. The Hall–Kier alpha value is -2.70. The summed E-state index contributed by atoms with van der Waals surface area (Å²) in [5.74, 6) is 0.269. The van der Waals surface area contributed by atoms with Gasteiger partial charge in [0, 0.05) is 18.7 Å². The Morgan fingerprint density at radius 2 is 2.08 bits per heavy atom. The zero-order chi connectivity index (χ0) is 18.0. The van der Waals surface area contributed by atoms with Crippen LogP contribution >= 0.6 is 0 Å². The molecule has 1 aliphatic carbocycles. The highest BCUT2D eigenvalue weighted by molar-refractivity contribution is 5.68. The van der Waals surface area contributed by atoms with Crippen LogP contribution in [0.25, 0.3) is 11.3 Å². The van der Waals surface area contributed by atoms with Crippen LogP contribution in [0.4, 0.5) is 13.2 Å². The number of alkyl halides is 3. The van der Waals surface area contributed by atoms with Gasteiger partial charge in [0.15, 0.2) is 0 Å². The normalized spacial score (nSPS) is 14.5. The molecule has 3 rings (SSSR count). The highest BCUT2D eigenvalue weighted by Gasteiger charge is 2.35. The maximum atomic E-state index is 12.9. The van der Waals surface area contributed by atoms with E-state index in [-0.39, 0.29) is 17.0 Å². The largest absolute Gasteiger partial charge is 0.507 e. The Bertz CT molecular complexity index is 835. The predicted molar refractivity (Wildman–Crippen MR) is 87.3 cm³/mol. The topological polar surface area (TPSA) is 47.3 Å². The second-order valence-electron chi connectivity index (χ2n) is 5.80. The summed E-state index contributed by atoms with van der Waals surface area (Å²) >= 11 is 0. The minimum absolute atomic E-state index is 0.0546. The van der Waals surface area contributed by atoms with Crippen LogP contribution in [0, 0.1) is 0 Å². The monoisotopic (exact) mass is 350 g/mol. The van der Waals surface area contributed by atoms with Crippen LogP contribution < -0.4 is 4.74 Å². The average molecular weight is 350 g/mol. The van der Waals surface area contributed by atoms with Gasteiger partial charge < -0.3 is 9.84 Å². The van der Waals surface area contributed by atoms with Crippen LogP contribution in [0.15, 0.2) is 48.1 Å². The van der Waals surface area contributed by atoms with Gasteiger partial charge in [-0.25, -0.2) is 0 Å². The third-order valence-electron chi connectivity index (χ3n) is 3.94. The summed E-state index contributed by atoms with van der Waals surface area (Å²) in [5, 5.41) is 14.0. The van der Waals surface area contributed by atoms with Gasteiger partial charge in [0.2, 0.25) is 0 Å². The van der Waals surface area contributed by atoms with Crippen molar-refractivity contribution < 1.29 is 23.0 Å². The number of ether oxygens (including phenoxy) is 1. The molecule has 0 unspecified atom stereocenters. The molecule has 1 aromatic carbocycles. The van der Waals surface area contributed by atoms with Crippen molar-refractivity contribution in [1.82, 2.24) is 9.78 Å². The van der Waals surface area contributed by atoms with Gasteiger partial charge in [0.1, 0.15) is 23.8 Å². The summed E-state index contributed by atoms with van der Waals surface area (Å²) in [4.78, 5) is 0. The lowest BCUT2D eigenvalue weighted by Crippen LogP contribution is -2.11. The number of aryl methyl sites for hydroxylation is 1. The number of aromatic hydroxyl groups is 1. The first-order valence-corrected chi connectivity index (χ1v) is 7.76. The average Bonchev–Trinajstić information content (AvgIpc) is 2.96. The fourth-order valence-corrected chi connectivity index (χ4v) is 2.63. The van der Waals surface area contributed by atoms with Crippen LogP contribution in [0.3, 0.4) is 0 Å². The van der Waals surface area contributed by atoms with E-state index in [1.807, 2.05) is 12.2 Å². The summed E-state index contributed by atoms with van der Waals surface area (Å²) in [7, 11) is 1.22. The Morgan fingerprint density at radius 3 is 2.68 bits per heavy atom.